The van der Waals surface area contributed by atoms with E-state index in [9.17, 15) is 9.59 Å². The summed E-state index contributed by atoms with van der Waals surface area (Å²) in [5.74, 6) is 1.60. The molecule has 0 fully saturated rings. The van der Waals surface area contributed by atoms with E-state index in [0.29, 0.717) is 28.4 Å². The van der Waals surface area contributed by atoms with Crippen molar-refractivity contribution < 1.29 is 23.4 Å². The molecule has 2 aromatic carbocycles. The van der Waals surface area contributed by atoms with Crippen molar-refractivity contribution in [2.45, 2.75) is 26.8 Å². The van der Waals surface area contributed by atoms with Gasteiger partial charge < -0.3 is 23.9 Å². The largest absolute Gasteiger partial charge is 0.483 e. The van der Waals surface area contributed by atoms with Gasteiger partial charge in [0.25, 0.3) is 5.91 Å². The number of nitrogens with one attached hydrogen (secondary N) is 1. The van der Waals surface area contributed by atoms with E-state index in [4.69, 9.17) is 18.6 Å². The molecular weight excluding hydrogens is 374 g/mol. The third kappa shape index (κ3) is 3.76. The molecule has 0 aliphatic carbocycles. The van der Waals surface area contributed by atoms with Gasteiger partial charge in [-0.25, -0.2) is 4.79 Å². The number of hydrogen-bond acceptors (Lipinski definition) is 6. The Labute approximate surface area is 167 Å². The van der Waals surface area contributed by atoms with E-state index in [1.807, 2.05) is 38.1 Å². The molecule has 0 radical (unpaired) electrons. The molecule has 1 amide bonds. The highest BCUT2D eigenvalue weighted by molar-refractivity contribution is 5.85. The number of carbonyl (C=O) groups excluding carboxylic acids is 1. The van der Waals surface area contributed by atoms with Crippen LogP contribution in [0.25, 0.3) is 11.0 Å². The van der Waals surface area contributed by atoms with E-state index >= 15 is 0 Å². The molecule has 0 spiro atoms. The summed E-state index contributed by atoms with van der Waals surface area (Å²) < 4.78 is 21.7. The maximum Gasteiger partial charge on any atom is 0.336 e. The van der Waals surface area contributed by atoms with Gasteiger partial charge in [-0.1, -0.05) is 6.07 Å². The van der Waals surface area contributed by atoms with E-state index in [1.165, 1.54) is 6.07 Å². The second-order valence-corrected chi connectivity index (χ2v) is 7.00. The Morgan fingerprint density at radius 1 is 1.14 bits per heavy atom. The van der Waals surface area contributed by atoms with Crippen LogP contribution in [0.1, 0.15) is 29.7 Å². The molecule has 0 saturated heterocycles. The van der Waals surface area contributed by atoms with Gasteiger partial charge in [0.2, 0.25) is 6.79 Å². The van der Waals surface area contributed by atoms with Crippen LogP contribution in [0.3, 0.4) is 0 Å². The van der Waals surface area contributed by atoms with Crippen molar-refractivity contribution in [3.05, 3.63) is 63.5 Å². The van der Waals surface area contributed by atoms with Crippen LogP contribution in [0.4, 0.5) is 0 Å². The molecule has 29 heavy (non-hydrogen) atoms. The minimum atomic E-state index is -0.412. The first-order chi connectivity index (χ1) is 13.9. The van der Waals surface area contributed by atoms with Gasteiger partial charge in [-0.2, -0.15) is 0 Å². The Bertz CT molecular complexity index is 1150. The Kier molecular flexibility index (Phi) is 4.88. The summed E-state index contributed by atoms with van der Waals surface area (Å²) in [6, 6.07) is 10.4. The molecule has 1 N–H and O–H groups in total. The van der Waals surface area contributed by atoms with E-state index in [0.717, 1.165) is 16.5 Å². The molecule has 1 atom stereocenters. The van der Waals surface area contributed by atoms with E-state index in [2.05, 4.69) is 5.32 Å². The van der Waals surface area contributed by atoms with Gasteiger partial charge in [0.15, 0.2) is 18.1 Å². The lowest BCUT2D eigenvalue weighted by Crippen LogP contribution is -2.31. The van der Waals surface area contributed by atoms with E-state index < -0.39 is 5.63 Å². The number of amides is 1. The Morgan fingerprint density at radius 3 is 2.76 bits per heavy atom. The topological polar surface area (TPSA) is 87.0 Å². The van der Waals surface area contributed by atoms with Gasteiger partial charge in [0, 0.05) is 17.0 Å². The third-order valence-corrected chi connectivity index (χ3v) is 4.95. The third-order valence-electron chi connectivity index (χ3n) is 4.95. The Morgan fingerprint density at radius 2 is 1.93 bits per heavy atom. The summed E-state index contributed by atoms with van der Waals surface area (Å²) in [6.07, 6.45) is 0. The highest BCUT2D eigenvalue weighted by Crippen LogP contribution is 2.34. The second kappa shape index (κ2) is 7.50. The van der Waals surface area contributed by atoms with Gasteiger partial charge in [0.05, 0.1) is 6.04 Å². The highest BCUT2D eigenvalue weighted by atomic mass is 16.7. The van der Waals surface area contributed by atoms with Crippen molar-refractivity contribution in [3.8, 4) is 17.2 Å². The number of fused-ring (bicyclic) bond motifs is 2. The van der Waals surface area contributed by atoms with Gasteiger partial charge in [-0.3, -0.25) is 4.79 Å². The van der Waals surface area contributed by atoms with Crippen LogP contribution in [-0.2, 0) is 4.79 Å². The molecule has 150 valence electrons. The number of carbonyl (C=O) groups is 1. The van der Waals surface area contributed by atoms with Crippen LogP contribution in [0.2, 0.25) is 0 Å². The number of rotatable bonds is 5. The minimum absolute atomic E-state index is 0.155. The van der Waals surface area contributed by atoms with Crippen LogP contribution < -0.4 is 25.2 Å². The highest BCUT2D eigenvalue weighted by Gasteiger charge is 2.17. The molecule has 0 unspecified atom stereocenters. The fourth-order valence-electron chi connectivity index (χ4n) is 3.35. The first-order valence-electron chi connectivity index (χ1n) is 9.28. The summed E-state index contributed by atoms with van der Waals surface area (Å²) >= 11 is 0. The molecule has 0 bridgehead atoms. The lowest BCUT2D eigenvalue weighted by atomic mass is 10.1. The molecular formula is C22H21NO6. The van der Waals surface area contributed by atoms with Crippen molar-refractivity contribution in [2.24, 2.45) is 0 Å². The summed E-state index contributed by atoms with van der Waals surface area (Å²) in [4.78, 5) is 24.0. The molecule has 3 aromatic rings. The molecule has 1 aromatic heterocycles. The first kappa shape index (κ1) is 18.9. The second-order valence-electron chi connectivity index (χ2n) is 7.00. The Balaban J connectivity index is 1.43. The van der Waals surface area contributed by atoms with Crippen molar-refractivity contribution >= 4 is 16.9 Å². The van der Waals surface area contributed by atoms with Gasteiger partial charge in [-0.05, 0) is 56.2 Å². The number of ether oxygens (including phenoxy) is 3. The monoisotopic (exact) mass is 395 g/mol. The maximum atomic E-state index is 12.4. The smallest absolute Gasteiger partial charge is 0.336 e. The van der Waals surface area contributed by atoms with Crippen LogP contribution in [-0.4, -0.2) is 19.3 Å². The van der Waals surface area contributed by atoms with Crippen molar-refractivity contribution in [3.63, 3.8) is 0 Å². The van der Waals surface area contributed by atoms with Crippen LogP contribution >= 0.6 is 0 Å². The van der Waals surface area contributed by atoms with Crippen molar-refractivity contribution in [1.29, 1.82) is 0 Å². The molecule has 2 heterocycles. The fourth-order valence-corrected chi connectivity index (χ4v) is 3.35. The summed E-state index contributed by atoms with van der Waals surface area (Å²) in [5, 5.41) is 3.74. The van der Waals surface area contributed by atoms with Crippen LogP contribution in [0.15, 0.2) is 45.6 Å². The Hall–Kier alpha value is -3.48. The summed E-state index contributed by atoms with van der Waals surface area (Å²) in [6.45, 7) is 5.58. The average Bonchev–Trinajstić information content (AvgIpc) is 3.15. The summed E-state index contributed by atoms with van der Waals surface area (Å²) in [7, 11) is 0. The number of benzene rings is 2. The van der Waals surface area contributed by atoms with Crippen molar-refractivity contribution in [2.75, 3.05) is 13.4 Å². The predicted molar refractivity (Wildman–Crippen MR) is 107 cm³/mol. The van der Waals surface area contributed by atoms with Gasteiger partial charge in [-0.15, -0.1) is 0 Å². The average molecular weight is 395 g/mol. The molecule has 7 nitrogen and oxygen atoms in total. The fraction of sp³-hybridized carbons (Fsp3) is 0.273. The van der Waals surface area contributed by atoms with Crippen LogP contribution in [0.5, 0.6) is 17.2 Å². The van der Waals surface area contributed by atoms with E-state index in [-0.39, 0.29) is 25.3 Å². The molecule has 0 saturated carbocycles. The quantitative estimate of drug-likeness (QED) is 0.667. The van der Waals surface area contributed by atoms with Crippen LogP contribution in [0, 0.1) is 13.8 Å². The minimum Gasteiger partial charge on any atom is -0.483 e. The zero-order valence-electron chi connectivity index (χ0n) is 16.4. The maximum absolute atomic E-state index is 12.4. The predicted octanol–water partition coefficient (Wildman–Crippen LogP) is 3.39. The molecule has 1 aliphatic heterocycles. The summed E-state index contributed by atoms with van der Waals surface area (Å²) in [5.41, 5.74) is 2.48. The zero-order valence-corrected chi connectivity index (χ0v) is 16.4. The SMILES string of the molecule is Cc1cc(=O)oc2c(C)c(OCC(=O)N[C@H](C)c3ccc4c(c3)OCO4)ccc12. The molecule has 4 rings (SSSR count). The first-order valence-corrected chi connectivity index (χ1v) is 9.28. The zero-order chi connectivity index (χ0) is 20.5. The lowest BCUT2D eigenvalue weighted by Gasteiger charge is -2.16. The number of aryl methyl sites for hydroxylation is 2. The van der Waals surface area contributed by atoms with Gasteiger partial charge >= 0.3 is 5.63 Å². The molecule has 1 aliphatic rings. The number of hydrogen-bond donors (Lipinski definition) is 1. The molecule has 7 heteroatoms. The standard InChI is InChI=1S/C22H21NO6/c1-12-8-21(25)29-22-13(2)17(7-5-16(12)22)26-10-20(24)23-14(3)15-4-6-18-19(9-15)28-11-27-18/h4-9,14H,10-11H2,1-3H3,(H,23,24)/t14-/m1/s1. The normalized spacial score (nSPS) is 13.3. The van der Waals surface area contributed by atoms with E-state index in [1.54, 1.807) is 13.0 Å². The van der Waals surface area contributed by atoms with Crippen molar-refractivity contribution in [1.82, 2.24) is 5.32 Å². The van der Waals surface area contributed by atoms with Gasteiger partial charge in [0.1, 0.15) is 11.3 Å². The lowest BCUT2D eigenvalue weighted by molar-refractivity contribution is -0.123.